The van der Waals surface area contributed by atoms with E-state index in [0.29, 0.717) is 0 Å². The summed E-state index contributed by atoms with van der Waals surface area (Å²) in [6, 6.07) is 8.60. The van der Waals surface area contributed by atoms with Crippen molar-refractivity contribution < 1.29 is 24.2 Å². The Bertz CT molecular complexity index is 667. The highest BCUT2D eigenvalue weighted by Gasteiger charge is 2.11. The molecule has 0 spiro atoms. The van der Waals surface area contributed by atoms with Gasteiger partial charge in [-0.15, -0.1) is 0 Å². The molecule has 0 unspecified atom stereocenters. The standard InChI is InChI=1S/C14H10FNO4/c15-9-3-1-8(2-4-9)13(18)16-10-5-6-11(14(19)20)12(17)7-10/h1-7,17H,(H,16,18)(H,19,20). The van der Waals surface area contributed by atoms with Crippen LogP contribution in [0.5, 0.6) is 5.75 Å². The molecule has 1 amide bonds. The van der Waals surface area contributed by atoms with Crippen molar-refractivity contribution in [3.8, 4) is 5.75 Å². The van der Waals surface area contributed by atoms with Gasteiger partial charge in [-0.2, -0.15) is 0 Å². The number of carboxylic acid groups (broad SMARTS) is 1. The van der Waals surface area contributed by atoms with E-state index in [4.69, 9.17) is 5.11 Å². The van der Waals surface area contributed by atoms with Crippen molar-refractivity contribution in [2.45, 2.75) is 0 Å². The number of amides is 1. The summed E-state index contributed by atoms with van der Waals surface area (Å²) in [5.41, 5.74) is 0.222. The molecule has 0 bridgehead atoms. The van der Waals surface area contributed by atoms with Crippen LogP contribution in [0.4, 0.5) is 10.1 Å². The lowest BCUT2D eigenvalue weighted by atomic mass is 10.1. The number of nitrogens with one attached hydrogen (secondary N) is 1. The Morgan fingerprint density at radius 3 is 2.25 bits per heavy atom. The summed E-state index contributed by atoms with van der Waals surface area (Å²) in [7, 11) is 0. The third-order valence-corrected chi connectivity index (χ3v) is 2.59. The molecule has 0 fully saturated rings. The number of aromatic hydroxyl groups is 1. The van der Waals surface area contributed by atoms with Crippen molar-refractivity contribution in [3.63, 3.8) is 0 Å². The molecular formula is C14H10FNO4. The lowest BCUT2D eigenvalue weighted by Gasteiger charge is -2.07. The van der Waals surface area contributed by atoms with Gasteiger partial charge in [-0.3, -0.25) is 4.79 Å². The molecule has 0 aliphatic carbocycles. The minimum absolute atomic E-state index is 0.238. The highest BCUT2D eigenvalue weighted by Crippen LogP contribution is 2.22. The number of halogens is 1. The van der Waals surface area contributed by atoms with Crippen molar-refractivity contribution in [1.29, 1.82) is 0 Å². The summed E-state index contributed by atoms with van der Waals surface area (Å²) in [5, 5.41) is 20.7. The molecule has 0 aromatic heterocycles. The second kappa shape index (κ2) is 5.40. The van der Waals surface area contributed by atoms with E-state index in [-0.39, 0.29) is 16.8 Å². The Kier molecular flexibility index (Phi) is 3.65. The van der Waals surface area contributed by atoms with Gasteiger partial charge in [0.2, 0.25) is 0 Å². The number of anilines is 1. The van der Waals surface area contributed by atoms with Crippen LogP contribution in [0.25, 0.3) is 0 Å². The number of aromatic carboxylic acids is 1. The first-order chi connectivity index (χ1) is 9.47. The van der Waals surface area contributed by atoms with Crippen molar-refractivity contribution in [2.24, 2.45) is 0 Å². The maximum atomic E-state index is 12.7. The Hall–Kier alpha value is -2.89. The first kappa shape index (κ1) is 13.5. The molecule has 2 aromatic carbocycles. The summed E-state index contributed by atoms with van der Waals surface area (Å²) in [5.74, 6) is -2.66. The van der Waals surface area contributed by atoms with E-state index in [1.807, 2.05) is 0 Å². The molecule has 0 saturated heterocycles. The maximum absolute atomic E-state index is 12.7. The number of hydrogen-bond donors (Lipinski definition) is 3. The Labute approximate surface area is 113 Å². The lowest BCUT2D eigenvalue weighted by Crippen LogP contribution is -2.12. The van der Waals surface area contributed by atoms with Crippen LogP contribution in [0.15, 0.2) is 42.5 Å². The first-order valence-corrected chi connectivity index (χ1v) is 5.60. The van der Waals surface area contributed by atoms with Crippen LogP contribution in [0.3, 0.4) is 0 Å². The normalized spacial score (nSPS) is 10.1. The first-order valence-electron chi connectivity index (χ1n) is 5.60. The van der Waals surface area contributed by atoms with E-state index in [9.17, 15) is 19.1 Å². The number of carbonyl (C=O) groups is 2. The number of benzene rings is 2. The minimum atomic E-state index is -1.26. The highest BCUT2D eigenvalue weighted by atomic mass is 19.1. The van der Waals surface area contributed by atoms with E-state index >= 15 is 0 Å². The summed E-state index contributed by atoms with van der Waals surface area (Å²) >= 11 is 0. The summed E-state index contributed by atoms with van der Waals surface area (Å²) in [6.45, 7) is 0. The van der Waals surface area contributed by atoms with E-state index in [2.05, 4.69) is 5.32 Å². The zero-order chi connectivity index (χ0) is 14.7. The second-order valence-electron chi connectivity index (χ2n) is 4.00. The minimum Gasteiger partial charge on any atom is -0.507 e. The van der Waals surface area contributed by atoms with Crippen molar-refractivity contribution >= 4 is 17.6 Å². The topological polar surface area (TPSA) is 86.6 Å². The second-order valence-corrected chi connectivity index (χ2v) is 4.00. The largest absolute Gasteiger partial charge is 0.507 e. The Balaban J connectivity index is 2.18. The number of phenols is 1. The lowest BCUT2D eigenvalue weighted by molar-refractivity contribution is 0.0693. The van der Waals surface area contributed by atoms with Crippen LogP contribution >= 0.6 is 0 Å². The molecule has 5 nitrogen and oxygen atoms in total. The molecule has 102 valence electrons. The average Bonchev–Trinajstić information content (AvgIpc) is 2.39. The zero-order valence-electron chi connectivity index (χ0n) is 10.1. The van der Waals surface area contributed by atoms with Crippen molar-refractivity contribution in [3.05, 3.63) is 59.4 Å². The molecule has 2 rings (SSSR count). The van der Waals surface area contributed by atoms with E-state index in [1.165, 1.54) is 24.3 Å². The van der Waals surface area contributed by atoms with Crippen molar-refractivity contribution in [1.82, 2.24) is 0 Å². The van der Waals surface area contributed by atoms with Crippen molar-refractivity contribution in [2.75, 3.05) is 5.32 Å². The quantitative estimate of drug-likeness (QED) is 0.803. The number of hydrogen-bond acceptors (Lipinski definition) is 3. The molecule has 0 heterocycles. The predicted octanol–water partition coefficient (Wildman–Crippen LogP) is 2.48. The van der Waals surface area contributed by atoms with Crippen LogP contribution in [0, 0.1) is 5.82 Å². The number of carboxylic acids is 1. The van der Waals surface area contributed by atoms with Gasteiger partial charge in [0, 0.05) is 17.3 Å². The molecule has 0 aliphatic rings. The van der Waals surface area contributed by atoms with Gasteiger partial charge >= 0.3 is 5.97 Å². The molecule has 0 atom stereocenters. The number of carbonyl (C=O) groups excluding carboxylic acids is 1. The van der Waals surface area contributed by atoms with Gasteiger partial charge in [0.05, 0.1) is 0 Å². The van der Waals surface area contributed by atoms with Crippen LogP contribution in [-0.2, 0) is 0 Å². The van der Waals surface area contributed by atoms with Gasteiger partial charge in [-0.1, -0.05) is 0 Å². The van der Waals surface area contributed by atoms with E-state index in [1.54, 1.807) is 0 Å². The summed E-state index contributed by atoms with van der Waals surface area (Å²) < 4.78 is 12.7. The average molecular weight is 275 g/mol. The molecule has 20 heavy (non-hydrogen) atoms. The monoisotopic (exact) mass is 275 g/mol. The molecule has 0 saturated carbocycles. The van der Waals surface area contributed by atoms with Gasteiger partial charge in [0.1, 0.15) is 17.1 Å². The van der Waals surface area contributed by atoms with E-state index in [0.717, 1.165) is 18.2 Å². The van der Waals surface area contributed by atoms with Gasteiger partial charge < -0.3 is 15.5 Å². The maximum Gasteiger partial charge on any atom is 0.339 e. The van der Waals surface area contributed by atoms with Gasteiger partial charge in [-0.05, 0) is 36.4 Å². The Morgan fingerprint density at radius 1 is 1.05 bits per heavy atom. The molecule has 6 heteroatoms. The molecule has 2 aromatic rings. The third kappa shape index (κ3) is 2.92. The molecular weight excluding hydrogens is 265 g/mol. The van der Waals surface area contributed by atoms with Gasteiger partial charge in [0.25, 0.3) is 5.91 Å². The van der Waals surface area contributed by atoms with Crippen LogP contribution in [0.1, 0.15) is 20.7 Å². The van der Waals surface area contributed by atoms with Crippen LogP contribution in [-0.4, -0.2) is 22.1 Å². The molecule has 0 radical (unpaired) electrons. The SMILES string of the molecule is O=C(Nc1ccc(C(=O)O)c(O)c1)c1ccc(F)cc1. The summed E-state index contributed by atoms with van der Waals surface area (Å²) in [6.07, 6.45) is 0. The summed E-state index contributed by atoms with van der Waals surface area (Å²) in [4.78, 5) is 22.5. The predicted molar refractivity (Wildman–Crippen MR) is 69.4 cm³/mol. The van der Waals surface area contributed by atoms with Gasteiger partial charge in [0.15, 0.2) is 0 Å². The zero-order valence-corrected chi connectivity index (χ0v) is 10.1. The fourth-order valence-electron chi connectivity index (χ4n) is 1.59. The Morgan fingerprint density at radius 2 is 1.70 bits per heavy atom. The fraction of sp³-hybridized carbons (Fsp3) is 0. The van der Waals surface area contributed by atoms with Gasteiger partial charge in [-0.25, -0.2) is 9.18 Å². The molecule has 3 N–H and O–H groups in total. The fourth-order valence-corrected chi connectivity index (χ4v) is 1.59. The smallest absolute Gasteiger partial charge is 0.339 e. The molecule has 0 aliphatic heterocycles. The third-order valence-electron chi connectivity index (χ3n) is 2.59. The van der Waals surface area contributed by atoms with Crippen LogP contribution in [0.2, 0.25) is 0 Å². The highest BCUT2D eigenvalue weighted by molar-refractivity contribution is 6.04. The van der Waals surface area contributed by atoms with E-state index < -0.39 is 23.4 Å². The number of rotatable bonds is 3. The van der Waals surface area contributed by atoms with Crippen LogP contribution < -0.4 is 5.32 Å².